The van der Waals surface area contributed by atoms with Gasteiger partial charge in [-0.05, 0) is 25.0 Å². The van der Waals surface area contributed by atoms with Gasteiger partial charge in [-0.2, -0.15) is 13.2 Å². The van der Waals surface area contributed by atoms with Crippen LogP contribution in [0.5, 0.6) is 0 Å². The molecular formula is C13H12F3N3O. The molecule has 7 heteroatoms. The summed E-state index contributed by atoms with van der Waals surface area (Å²) in [4.78, 5) is 11.0. The number of hydrogen-bond acceptors (Lipinski definition) is 3. The van der Waals surface area contributed by atoms with Gasteiger partial charge in [-0.15, -0.1) is 5.10 Å². The van der Waals surface area contributed by atoms with Gasteiger partial charge in [-0.25, -0.2) is 4.68 Å². The van der Waals surface area contributed by atoms with Gasteiger partial charge in [0.25, 0.3) is 5.78 Å². The fourth-order valence-electron chi connectivity index (χ4n) is 1.77. The Morgan fingerprint density at radius 3 is 2.65 bits per heavy atom. The average Bonchev–Trinajstić information content (AvgIpc) is 2.80. The number of rotatable bonds is 3. The number of nitrogens with zero attached hydrogens (tertiary/aromatic N) is 3. The lowest BCUT2D eigenvalue weighted by atomic mass is 10.1. The van der Waals surface area contributed by atoms with Crippen LogP contribution < -0.4 is 0 Å². The molecule has 0 aliphatic rings. The minimum Gasteiger partial charge on any atom is -0.282 e. The van der Waals surface area contributed by atoms with E-state index < -0.39 is 17.7 Å². The highest BCUT2D eigenvalue weighted by atomic mass is 19.4. The zero-order valence-electron chi connectivity index (χ0n) is 10.9. The summed E-state index contributed by atoms with van der Waals surface area (Å²) >= 11 is 0. The molecule has 0 radical (unpaired) electrons. The van der Waals surface area contributed by atoms with E-state index in [1.165, 1.54) is 4.68 Å². The van der Waals surface area contributed by atoms with Crippen molar-refractivity contribution in [1.82, 2.24) is 15.0 Å². The van der Waals surface area contributed by atoms with Crippen LogP contribution in [-0.4, -0.2) is 27.0 Å². The summed E-state index contributed by atoms with van der Waals surface area (Å²) in [5, 5.41) is 6.84. The van der Waals surface area contributed by atoms with Gasteiger partial charge in [-0.1, -0.05) is 29.0 Å². The maximum atomic E-state index is 12.3. The Hall–Kier alpha value is -2.18. The average molecular weight is 283 g/mol. The number of halogens is 3. The SMILES string of the molecule is Cc1ccc(C)c(Cn2cc(C(=O)C(F)(F)F)nn2)c1. The lowest BCUT2D eigenvalue weighted by molar-refractivity contribution is -0.0888. The maximum absolute atomic E-state index is 12.3. The van der Waals surface area contributed by atoms with Crippen molar-refractivity contribution >= 4 is 5.78 Å². The molecule has 0 saturated heterocycles. The molecule has 20 heavy (non-hydrogen) atoms. The minimum atomic E-state index is -4.93. The number of Topliss-reactive ketones (excluding diaryl/α,β-unsaturated/α-hetero) is 1. The summed E-state index contributed by atoms with van der Waals surface area (Å²) < 4.78 is 38.0. The molecule has 1 heterocycles. The first-order valence-corrected chi connectivity index (χ1v) is 5.85. The topological polar surface area (TPSA) is 47.8 Å². The molecule has 2 aromatic rings. The smallest absolute Gasteiger partial charge is 0.282 e. The maximum Gasteiger partial charge on any atom is 0.456 e. The highest BCUT2D eigenvalue weighted by molar-refractivity contribution is 5.98. The molecule has 1 aromatic heterocycles. The molecule has 0 aliphatic heterocycles. The van der Waals surface area contributed by atoms with Crippen LogP contribution in [0.1, 0.15) is 27.2 Å². The van der Waals surface area contributed by atoms with Crippen molar-refractivity contribution in [3.05, 3.63) is 46.8 Å². The van der Waals surface area contributed by atoms with E-state index in [9.17, 15) is 18.0 Å². The van der Waals surface area contributed by atoms with E-state index >= 15 is 0 Å². The third kappa shape index (κ3) is 3.04. The van der Waals surface area contributed by atoms with Crippen LogP contribution in [0.3, 0.4) is 0 Å². The molecule has 0 saturated carbocycles. The second-order valence-corrected chi connectivity index (χ2v) is 4.56. The van der Waals surface area contributed by atoms with Crippen molar-refractivity contribution in [1.29, 1.82) is 0 Å². The van der Waals surface area contributed by atoms with Gasteiger partial charge in [-0.3, -0.25) is 4.79 Å². The third-order valence-electron chi connectivity index (χ3n) is 2.87. The number of carbonyl (C=O) groups excluding carboxylic acids is 1. The van der Waals surface area contributed by atoms with Crippen molar-refractivity contribution in [2.75, 3.05) is 0 Å². The zero-order chi connectivity index (χ0) is 14.9. The predicted octanol–water partition coefficient (Wildman–Crippen LogP) is 2.69. The molecule has 0 amide bonds. The first-order chi connectivity index (χ1) is 9.27. The number of aromatic nitrogens is 3. The molecule has 4 nitrogen and oxygen atoms in total. The van der Waals surface area contributed by atoms with E-state index in [0.717, 1.165) is 22.9 Å². The molecule has 0 aliphatic carbocycles. The van der Waals surface area contributed by atoms with Gasteiger partial charge in [0.2, 0.25) is 0 Å². The highest BCUT2D eigenvalue weighted by Gasteiger charge is 2.41. The second kappa shape index (κ2) is 5.07. The molecular weight excluding hydrogens is 271 g/mol. The van der Waals surface area contributed by atoms with Crippen LogP contribution in [-0.2, 0) is 6.54 Å². The van der Waals surface area contributed by atoms with Gasteiger partial charge < -0.3 is 0 Å². The Morgan fingerprint density at radius 2 is 2.00 bits per heavy atom. The first-order valence-electron chi connectivity index (χ1n) is 5.85. The monoisotopic (exact) mass is 283 g/mol. The molecule has 1 aromatic carbocycles. The lowest BCUT2D eigenvalue weighted by Crippen LogP contribution is -2.23. The van der Waals surface area contributed by atoms with E-state index in [2.05, 4.69) is 10.3 Å². The van der Waals surface area contributed by atoms with Gasteiger partial charge in [0, 0.05) is 0 Å². The molecule has 0 bridgehead atoms. The van der Waals surface area contributed by atoms with Crippen molar-refractivity contribution < 1.29 is 18.0 Å². The largest absolute Gasteiger partial charge is 0.456 e. The fourth-order valence-corrected chi connectivity index (χ4v) is 1.77. The molecule has 2 rings (SSSR count). The van der Waals surface area contributed by atoms with Crippen LogP contribution in [0.2, 0.25) is 0 Å². The number of ketones is 1. The Labute approximate surface area is 113 Å². The van der Waals surface area contributed by atoms with E-state index in [-0.39, 0.29) is 6.54 Å². The quantitative estimate of drug-likeness (QED) is 0.814. The first kappa shape index (κ1) is 14.2. The summed E-state index contributed by atoms with van der Waals surface area (Å²) in [6, 6.07) is 5.78. The Morgan fingerprint density at radius 1 is 1.30 bits per heavy atom. The number of carbonyl (C=O) groups is 1. The van der Waals surface area contributed by atoms with E-state index in [1.54, 1.807) is 0 Å². The number of aryl methyl sites for hydroxylation is 2. The summed E-state index contributed by atoms with van der Waals surface area (Å²) in [7, 11) is 0. The van der Waals surface area contributed by atoms with E-state index in [4.69, 9.17) is 0 Å². The standard InChI is InChI=1S/C13H12F3N3O/c1-8-3-4-9(2)10(5-8)6-19-7-11(17-18-19)12(20)13(14,15)16/h3-5,7H,6H2,1-2H3. The summed E-state index contributed by atoms with van der Waals surface area (Å²) in [5.74, 6) is -1.98. The highest BCUT2D eigenvalue weighted by Crippen LogP contribution is 2.20. The zero-order valence-corrected chi connectivity index (χ0v) is 10.9. The molecule has 0 N–H and O–H groups in total. The molecule has 0 fully saturated rings. The lowest BCUT2D eigenvalue weighted by Gasteiger charge is -2.06. The second-order valence-electron chi connectivity index (χ2n) is 4.56. The van der Waals surface area contributed by atoms with Crippen molar-refractivity contribution in [3.8, 4) is 0 Å². The van der Waals surface area contributed by atoms with Gasteiger partial charge in [0.1, 0.15) is 0 Å². The van der Waals surface area contributed by atoms with Crippen molar-refractivity contribution in [2.24, 2.45) is 0 Å². The van der Waals surface area contributed by atoms with Crippen LogP contribution in [0.15, 0.2) is 24.4 Å². The minimum absolute atomic E-state index is 0.269. The Bertz CT molecular complexity index is 647. The summed E-state index contributed by atoms with van der Waals surface area (Å²) in [5.41, 5.74) is 2.26. The number of benzene rings is 1. The van der Waals surface area contributed by atoms with E-state index in [1.807, 2.05) is 32.0 Å². The summed E-state index contributed by atoms with van der Waals surface area (Å²) in [6.45, 7) is 4.09. The number of alkyl halides is 3. The Balaban J connectivity index is 2.22. The third-order valence-corrected chi connectivity index (χ3v) is 2.87. The molecule has 0 spiro atoms. The van der Waals surface area contributed by atoms with Gasteiger partial charge in [0.15, 0.2) is 5.69 Å². The summed E-state index contributed by atoms with van der Waals surface area (Å²) in [6.07, 6.45) is -3.92. The van der Waals surface area contributed by atoms with Crippen LogP contribution >= 0.6 is 0 Å². The van der Waals surface area contributed by atoms with Crippen LogP contribution in [0.4, 0.5) is 13.2 Å². The van der Waals surface area contributed by atoms with Crippen molar-refractivity contribution in [3.63, 3.8) is 0 Å². The van der Waals surface area contributed by atoms with E-state index in [0.29, 0.717) is 0 Å². The normalized spacial score (nSPS) is 11.7. The van der Waals surface area contributed by atoms with Crippen LogP contribution in [0, 0.1) is 13.8 Å². The number of hydrogen-bond donors (Lipinski definition) is 0. The fraction of sp³-hybridized carbons (Fsp3) is 0.308. The molecule has 106 valence electrons. The molecule has 0 atom stereocenters. The predicted molar refractivity (Wildman–Crippen MR) is 65.4 cm³/mol. The van der Waals surface area contributed by atoms with Crippen LogP contribution in [0.25, 0.3) is 0 Å². The molecule has 0 unspecified atom stereocenters. The van der Waals surface area contributed by atoms with Crippen molar-refractivity contribution in [2.45, 2.75) is 26.6 Å². The Kier molecular flexibility index (Phi) is 3.61. The van der Waals surface area contributed by atoms with Gasteiger partial charge in [0.05, 0.1) is 12.7 Å². The van der Waals surface area contributed by atoms with Gasteiger partial charge >= 0.3 is 6.18 Å².